The van der Waals surface area contributed by atoms with Crippen LogP contribution >= 0.6 is 11.8 Å². The minimum absolute atomic E-state index is 0.0880. The Bertz CT molecular complexity index is 414. The van der Waals surface area contributed by atoms with E-state index in [0.717, 1.165) is 11.8 Å². The van der Waals surface area contributed by atoms with Crippen LogP contribution in [0.25, 0.3) is 0 Å². The summed E-state index contributed by atoms with van der Waals surface area (Å²) >= 11 is 0.931. The highest BCUT2D eigenvalue weighted by atomic mass is 32.2. The molecule has 0 aliphatic carbocycles. The number of aromatic nitrogens is 1. The Balaban J connectivity index is 2.77. The molecule has 0 bridgehead atoms. The fraction of sp³-hybridized carbons (Fsp3) is 0.400. The van der Waals surface area contributed by atoms with E-state index in [-0.39, 0.29) is 27.8 Å². The third-order valence-corrected chi connectivity index (χ3v) is 3.10. The highest BCUT2D eigenvalue weighted by Gasteiger charge is 2.22. The van der Waals surface area contributed by atoms with E-state index in [1.807, 2.05) is 0 Å². The molecule has 0 fully saturated rings. The number of carbonyl (C=O) groups excluding carboxylic acids is 1. The first-order valence-corrected chi connectivity index (χ1v) is 5.90. The molecule has 0 spiro atoms. The van der Waals surface area contributed by atoms with Crippen LogP contribution in [-0.4, -0.2) is 32.2 Å². The number of rotatable bonds is 4. The molecule has 2 atom stereocenters. The van der Waals surface area contributed by atoms with Crippen molar-refractivity contribution in [2.45, 2.75) is 19.1 Å². The van der Waals surface area contributed by atoms with E-state index in [0.29, 0.717) is 0 Å². The molecule has 1 heterocycles. The number of nitrogen functional groups attached to an aromatic ring is 2. The first-order valence-electron chi connectivity index (χ1n) is 4.91. The summed E-state index contributed by atoms with van der Waals surface area (Å²) in [7, 11) is 0. The molecule has 0 aromatic carbocycles. The second kappa shape index (κ2) is 5.85. The van der Waals surface area contributed by atoms with Crippen LogP contribution in [0.1, 0.15) is 18.6 Å². The highest BCUT2D eigenvalue weighted by molar-refractivity contribution is 8.13. The Kier molecular flexibility index (Phi) is 4.73. The summed E-state index contributed by atoms with van der Waals surface area (Å²) in [4.78, 5) is 14.5. The van der Waals surface area contributed by atoms with Crippen molar-refractivity contribution in [2.24, 2.45) is 0 Å². The fourth-order valence-electron chi connectivity index (χ4n) is 1.24. The lowest BCUT2D eigenvalue weighted by Crippen LogP contribution is -2.22. The predicted molar refractivity (Wildman–Crippen MR) is 67.2 cm³/mol. The van der Waals surface area contributed by atoms with Gasteiger partial charge in [-0.3, -0.25) is 9.78 Å². The van der Waals surface area contributed by atoms with Crippen LogP contribution in [0.2, 0.25) is 0 Å². The molecule has 6 nitrogen and oxygen atoms in total. The first-order chi connectivity index (χ1) is 7.93. The van der Waals surface area contributed by atoms with Gasteiger partial charge in [0.1, 0.15) is 6.10 Å². The lowest BCUT2D eigenvalue weighted by atomic mass is 10.1. The van der Waals surface area contributed by atoms with Gasteiger partial charge in [-0.05, 0) is 0 Å². The monoisotopic (exact) mass is 257 g/mol. The standard InChI is InChI=1S/C10H15N3O3S/c1-5(14)17-4-8(15)10(16)6-2-13-3-7(11)9(6)12/h2-3,8,10,15-16H,4,11H2,1H3,(H2,12,13). The Labute approximate surface area is 103 Å². The zero-order valence-electron chi connectivity index (χ0n) is 9.33. The van der Waals surface area contributed by atoms with Gasteiger partial charge in [0.2, 0.25) is 0 Å². The molecule has 6 N–H and O–H groups in total. The molecule has 17 heavy (non-hydrogen) atoms. The van der Waals surface area contributed by atoms with E-state index in [1.54, 1.807) is 0 Å². The first kappa shape index (κ1) is 13.8. The normalized spacial score (nSPS) is 14.3. The third-order valence-electron chi connectivity index (χ3n) is 2.19. The van der Waals surface area contributed by atoms with Crippen molar-refractivity contribution in [3.05, 3.63) is 18.0 Å². The van der Waals surface area contributed by atoms with Gasteiger partial charge >= 0.3 is 0 Å². The second-order valence-corrected chi connectivity index (χ2v) is 4.74. The number of nitrogens with zero attached hydrogens (tertiary/aromatic N) is 1. The summed E-state index contributed by atoms with van der Waals surface area (Å²) in [5.74, 6) is 0.0880. The van der Waals surface area contributed by atoms with E-state index < -0.39 is 12.2 Å². The number of nitrogens with two attached hydrogens (primary N) is 2. The maximum Gasteiger partial charge on any atom is 0.185 e. The molecule has 1 rings (SSSR count). The van der Waals surface area contributed by atoms with Crippen LogP contribution in [0.3, 0.4) is 0 Å². The number of hydrogen-bond acceptors (Lipinski definition) is 7. The maximum absolute atomic E-state index is 10.7. The van der Waals surface area contributed by atoms with Crippen LogP contribution in [-0.2, 0) is 4.79 Å². The number of hydrogen-bond donors (Lipinski definition) is 4. The van der Waals surface area contributed by atoms with Gasteiger partial charge in [0.05, 0.1) is 23.7 Å². The van der Waals surface area contributed by atoms with E-state index in [4.69, 9.17) is 11.5 Å². The van der Waals surface area contributed by atoms with Gasteiger partial charge in [0.15, 0.2) is 5.12 Å². The van der Waals surface area contributed by atoms with Gasteiger partial charge in [-0.2, -0.15) is 0 Å². The highest BCUT2D eigenvalue weighted by Crippen LogP contribution is 2.27. The lowest BCUT2D eigenvalue weighted by molar-refractivity contribution is -0.109. The molecule has 7 heteroatoms. The molecule has 0 aliphatic heterocycles. The molecule has 0 aliphatic rings. The van der Waals surface area contributed by atoms with E-state index >= 15 is 0 Å². The molecule has 2 unspecified atom stereocenters. The van der Waals surface area contributed by atoms with Gasteiger partial charge in [0, 0.05) is 24.4 Å². The minimum atomic E-state index is -1.21. The summed E-state index contributed by atoms with van der Waals surface area (Å²) in [6.45, 7) is 1.39. The SMILES string of the molecule is CC(=O)SCC(O)C(O)c1cncc(N)c1N. The number of carbonyl (C=O) groups is 1. The second-order valence-electron chi connectivity index (χ2n) is 3.55. The topological polar surface area (TPSA) is 122 Å². The molecular weight excluding hydrogens is 242 g/mol. The van der Waals surface area contributed by atoms with Crippen molar-refractivity contribution >= 4 is 28.3 Å². The van der Waals surface area contributed by atoms with Crippen LogP contribution in [0.4, 0.5) is 11.4 Å². The van der Waals surface area contributed by atoms with Crippen LogP contribution < -0.4 is 11.5 Å². The molecular formula is C10H15N3O3S. The Morgan fingerprint density at radius 2 is 2.12 bits per heavy atom. The van der Waals surface area contributed by atoms with E-state index in [2.05, 4.69) is 4.98 Å². The van der Waals surface area contributed by atoms with E-state index in [9.17, 15) is 15.0 Å². The smallest absolute Gasteiger partial charge is 0.185 e. The van der Waals surface area contributed by atoms with Gasteiger partial charge in [-0.25, -0.2) is 0 Å². The average molecular weight is 257 g/mol. The predicted octanol–water partition coefficient (Wildman–Crippen LogP) is -0.0800. The largest absolute Gasteiger partial charge is 0.397 e. The summed E-state index contributed by atoms with van der Waals surface area (Å²) < 4.78 is 0. The third kappa shape index (κ3) is 3.58. The summed E-state index contributed by atoms with van der Waals surface area (Å²) in [5, 5.41) is 19.4. The van der Waals surface area contributed by atoms with Crippen molar-refractivity contribution in [3.63, 3.8) is 0 Å². The molecule has 94 valence electrons. The van der Waals surface area contributed by atoms with Crippen LogP contribution in [0.15, 0.2) is 12.4 Å². The summed E-state index contributed by atoms with van der Waals surface area (Å²) in [5.41, 5.74) is 11.9. The molecule has 0 amide bonds. The Morgan fingerprint density at radius 3 is 2.71 bits per heavy atom. The summed E-state index contributed by atoms with van der Waals surface area (Å²) in [6, 6.07) is 0. The lowest BCUT2D eigenvalue weighted by Gasteiger charge is -2.19. The Morgan fingerprint density at radius 1 is 1.47 bits per heavy atom. The van der Waals surface area contributed by atoms with Gasteiger partial charge in [-0.15, -0.1) is 0 Å². The molecule has 0 saturated heterocycles. The van der Waals surface area contributed by atoms with Gasteiger partial charge < -0.3 is 21.7 Å². The van der Waals surface area contributed by atoms with Crippen molar-refractivity contribution in [1.82, 2.24) is 4.98 Å². The number of aliphatic hydroxyl groups is 2. The van der Waals surface area contributed by atoms with Crippen molar-refractivity contribution in [3.8, 4) is 0 Å². The molecule has 1 aromatic heterocycles. The zero-order chi connectivity index (χ0) is 13.0. The van der Waals surface area contributed by atoms with Crippen molar-refractivity contribution < 1.29 is 15.0 Å². The zero-order valence-corrected chi connectivity index (χ0v) is 10.1. The number of aliphatic hydroxyl groups excluding tert-OH is 2. The van der Waals surface area contributed by atoms with Crippen LogP contribution in [0.5, 0.6) is 0 Å². The maximum atomic E-state index is 10.7. The van der Waals surface area contributed by atoms with E-state index in [1.165, 1.54) is 19.3 Å². The van der Waals surface area contributed by atoms with Crippen molar-refractivity contribution in [1.29, 1.82) is 0 Å². The number of thioether (sulfide) groups is 1. The molecule has 0 radical (unpaired) electrons. The molecule has 1 aromatic rings. The average Bonchev–Trinajstić information content (AvgIpc) is 2.28. The summed E-state index contributed by atoms with van der Waals surface area (Å²) in [6.07, 6.45) is 0.396. The minimum Gasteiger partial charge on any atom is -0.397 e. The fourth-order valence-corrected chi connectivity index (χ4v) is 1.83. The van der Waals surface area contributed by atoms with Crippen LogP contribution in [0, 0.1) is 0 Å². The quantitative estimate of drug-likeness (QED) is 0.595. The van der Waals surface area contributed by atoms with Gasteiger partial charge in [0.25, 0.3) is 0 Å². The Hall–Kier alpha value is -1.31. The molecule has 0 saturated carbocycles. The van der Waals surface area contributed by atoms with Gasteiger partial charge in [-0.1, -0.05) is 11.8 Å². The number of anilines is 2. The van der Waals surface area contributed by atoms with Crippen molar-refractivity contribution in [2.75, 3.05) is 17.2 Å². The number of pyridine rings is 1.